The third-order valence-electron chi connectivity index (χ3n) is 5.97. The van der Waals surface area contributed by atoms with Gasteiger partial charge in [-0.05, 0) is 49.2 Å². The second-order valence-corrected chi connectivity index (χ2v) is 9.96. The number of halogens is 1. The molecule has 186 valence electrons. The average molecular weight is 547 g/mol. The number of hydrogen-bond acceptors (Lipinski definition) is 5. The lowest BCUT2D eigenvalue weighted by atomic mass is 10.1. The highest BCUT2D eigenvalue weighted by atomic mass is 79.9. The Labute approximate surface area is 220 Å². The minimum absolute atomic E-state index is 0.185. The topological polar surface area (TPSA) is 59.7 Å². The van der Waals surface area contributed by atoms with Crippen molar-refractivity contribution in [2.75, 3.05) is 19.0 Å². The highest BCUT2D eigenvalue weighted by molar-refractivity contribution is 9.10. The van der Waals surface area contributed by atoms with Crippen molar-refractivity contribution in [2.24, 2.45) is 5.10 Å². The van der Waals surface area contributed by atoms with Crippen LogP contribution >= 0.6 is 15.9 Å². The Morgan fingerprint density at radius 2 is 1.86 bits per heavy atom. The van der Waals surface area contributed by atoms with Crippen LogP contribution in [-0.2, 0) is 13.0 Å². The van der Waals surface area contributed by atoms with Gasteiger partial charge in [-0.25, -0.2) is 4.98 Å². The van der Waals surface area contributed by atoms with E-state index in [2.05, 4.69) is 59.1 Å². The fourth-order valence-electron chi connectivity index (χ4n) is 3.81. The molecule has 4 rings (SSSR count). The van der Waals surface area contributed by atoms with Crippen LogP contribution in [0.1, 0.15) is 42.3 Å². The molecule has 0 amide bonds. The van der Waals surface area contributed by atoms with Crippen molar-refractivity contribution in [2.45, 2.75) is 39.7 Å². The van der Waals surface area contributed by atoms with Gasteiger partial charge in [0.15, 0.2) is 0 Å². The van der Waals surface area contributed by atoms with E-state index in [4.69, 9.17) is 9.72 Å². The monoisotopic (exact) mass is 546 g/mol. The van der Waals surface area contributed by atoms with Crippen LogP contribution in [0.15, 0.2) is 75.0 Å². The zero-order valence-electron chi connectivity index (χ0n) is 21.2. The first-order valence-electron chi connectivity index (χ1n) is 12.1. The quantitative estimate of drug-likeness (QED) is 0.230. The van der Waals surface area contributed by atoms with Crippen LogP contribution in [0.3, 0.4) is 0 Å². The van der Waals surface area contributed by atoms with Crippen LogP contribution in [0.2, 0.25) is 0 Å². The fraction of sp³-hybridized carbons (Fsp3) is 0.276. The van der Waals surface area contributed by atoms with Crippen molar-refractivity contribution < 1.29 is 4.74 Å². The fourth-order valence-corrected chi connectivity index (χ4v) is 4.17. The van der Waals surface area contributed by atoms with Crippen molar-refractivity contribution in [3.05, 3.63) is 98.0 Å². The molecule has 0 N–H and O–H groups in total. The number of aromatic nitrogens is 2. The number of rotatable bonds is 9. The van der Waals surface area contributed by atoms with E-state index < -0.39 is 0 Å². The van der Waals surface area contributed by atoms with Gasteiger partial charge in [0.2, 0.25) is 0 Å². The van der Waals surface area contributed by atoms with Crippen molar-refractivity contribution >= 4 is 38.7 Å². The third-order valence-corrected chi connectivity index (χ3v) is 6.46. The van der Waals surface area contributed by atoms with Gasteiger partial charge >= 0.3 is 0 Å². The van der Waals surface area contributed by atoms with Crippen molar-refractivity contribution in [1.29, 1.82) is 0 Å². The van der Waals surface area contributed by atoms with Gasteiger partial charge in [-0.1, -0.05) is 59.1 Å². The predicted octanol–water partition coefficient (Wildman–Crippen LogP) is 6.34. The molecular formula is C29H31BrN4O2. The Morgan fingerprint density at radius 3 is 2.58 bits per heavy atom. The predicted molar refractivity (Wildman–Crippen MR) is 152 cm³/mol. The van der Waals surface area contributed by atoms with E-state index >= 15 is 0 Å². The molecule has 0 bridgehead atoms. The van der Waals surface area contributed by atoms with E-state index in [1.54, 1.807) is 12.3 Å². The maximum absolute atomic E-state index is 13.4. The zero-order valence-corrected chi connectivity index (χ0v) is 22.7. The normalized spacial score (nSPS) is 11.4. The van der Waals surface area contributed by atoms with E-state index in [0.29, 0.717) is 35.5 Å². The van der Waals surface area contributed by atoms with Gasteiger partial charge in [0.1, 0.15) is 18.2 Å². The first kappa shape index (κ1) is 25.6. The number of aryl methyl sites for hydroxylation is 2. The van der Waals surface area contributed by atoms with Gasteiger partial charge in [0.25, 0.3) is 5.56 Å². The van der Waals surface area contributed by atoms with E-state index in [9.17, 15) is 4.79 Å². The molecule has 0 atom stereocenters. The van der Waals surface area contributed by atoms with Crippen LogP contribution in [0.5, 0.6) is 5.75 Å². The Morgan fingerprint density at radius 1 is 1.08 bits per heavy atom. The highest BCUT2D eigenvalue weighted by Crippen LogP contribution is 2.25. The van der Waals surface area contributed by atoms with Crippen molar-refractivity contribution in [3.63, 3.8) is 0 Å². The number of benzene rings is 3. The molecule has 0 aliphatic rings. The van der Waals surface area contributed by atoms with Gasteiger partial charge < -0.3 is 9.64 Å². The number of ether oxygens (including phenoxy) is 1. The molecule has 0 spiro atoms. The molecule has 7 heteroatoms. The van der Waals surface area contributed by atoms with Crippen LogP contribution < -0.4 is 15.2 Å². The summed E-state index contributed by atoms with van der Waals surface area (Å²) < 4.78 is 8.48. The Balaban J connectivity index is 1.73. The number of unbranched alkanes of at least 4 members (excludes halogenated alkanes) is 1. The minimum Gasteiger partial charge on any atom is -0.488 e. The Bertz CT molecular complexity index is 1440. The molecule has 0 radical (unpaired) electrons. The molecule has 1 heterocycles. The molecule has 0 fully saturated rings. The lowest BCUT2D eigenvalue weighted by Crippen LogP contribution is -2.22. The molecule has 0 aliphatic carbocycles. The molecule has 0 saturated heterocycles. The summed E-state index contributed by atoms with van der Waals surface area (Å²) in [7, 11) is 3.98. The van der Waals surface area contributed by atoms with Crippen molar-refractivity contribution in [3.8, 4) is 5.75 Å². The molecular weight excluding hydrogens is 516 g/mol. The van der Waals surface area contributed by atoms with Gasteiger partial charge in [0, 0.05) is 42.3 Å². The number of nitrogens with zero attached hydrogens (tertiary/aromatic N) is 4. The third kappa shape index (κ3) is 6.02. The summed E-state index contributed by atoms with van der Waals surface area (Å²) in [5.41, 5.74) is 4.59. The van der Waals surface area contributed by atoms with E-state index in [0.717, 1.165) is 34.1 Å². The molecule has 3 aromatic carbocycles. The average Bonchev–Trinajstić information content (AvgIpc) is 2.87. The molecule has 36 heavy (non-hydrogen) atoms. The van der Waals surface area contributed by atoms with Crippen molar-refractivity contribution in [1.82, 2.24) is 9.66 Å². The largest absolute Gasteiger partial charge is 0.488 e. The Hall–Kier alpha value is -3.45. The summed E-state index contributed by atoms with van der Waals surface area (Å²) in [5, 5.41) is 5.15. The van der Waals surface area contributed by atoms with E-state index in [1.807, 2.05) is 49.3 Å². The first-order valence-corrected chi connectivity index (χ1v) is 12.9. The maximum atomic E-state index is 13.4. The van der Waals surface area contributed by atoms with Gasteiger partial charge in [-0.3, -0.25) is 4.79 Å². The molecule has 4 aromatic rings. The zero-order chi connectivity index (χ0) is 25.7. The second-order valence-electron chi connectivity index (χ2n) is 9.05. The van der Waals surface area contributed by atoms with Gasteiger partial charge in [-0.15, -0.1) is 0 Å². The number of fused-ring (bicyclic) bond motifs is 1. The van der Waals surface area contributed by atoms with Gasteiger partial charge in [0.05, 0.1) is 17.1 Å². The molecule has 0 saturated carbocycles. The van der Waals surface area contributed by atoms with Crippen LogP contribution in [0, 0.1) is 6.92 Å². The summed E-state index contributed by atoms with van der Waals surface area (Å²) in [6, 6.07) is 19.8. The molecule has 1 aromatic heterocycles. The lowest BCUT2D eigenvalue weighted by Gasteiger charge is -2.16. The van der Waals surface area contributed by atoms with Crippen LogP contribution in [0.4, 0.5) is 5.69 Å². The Kier molecular flexibility index (Phi) is 8.21. The summed E-state index contributed by atoms with van der Waals surface area (Å²) in [4.78, 5) is 20.2. The highest BCUT2D eigenvalue weighted by Gasteiger charge is 2.12. The molecule has 0 unspecified atom stereocenters. The molecule has 6 nitrogen and oxygen atoms in total. The maximum Gasteiger partial charge on any atom is 0.282 e. The van der Waals surface area contributed by atoms with Crippen LogP contribution in [-0.4, -0.2) is 30.0 Å². The summed E-state index contributed by atoms with van der Waals surface area (Å²) in [6.07, 6.45) is 4.28. The lowest BCUT2D eigenvalue weighted by molar-refractivity contribution is 0.306. The SMILES string of the molecule is CCCCc1nc2ccc(Br)cc2c(=O)n1N=Cc1ccc(N(C)C)cc1OCc1ccc(C)cc1. The second kappa shape index (κ2) is 11.5. The van der Waals surface area contributed by atoms with Gasteiger partial charge in [-0.2, -0.15) is 9.78 Å². The van der Waals surface area contributed by atoms with Crippen LogP contribution in [0.25, 0.3) is 10.9 Å². The summed E-state index contributed by atoms with van der Waals surface area (Å²) in [6.45, 7) is 4.62. The first-order chi connectivity index (χ1) is 17.4. The standard InChI is InChI=1S/C29H31BrN4O2/c1-5-6-7-28-32-26-15-13-23(30)16-25(26)29(35)34(28)31-18-22-12-14-24(33(3)4)17-27(22)36-19-21-10-8-20(2)9-11-21/h8-18H,5-7,19H2,1-4H3. The summed E-state index contributed by atoms with van der Waals surface area (Å²) in [5.74, 6) is 1.35. The number of anilines is 1. The number of hydrogen-bond donors (Lipinski definition) is 0. The van der Waals surface area contributed by atoms with E-state index in [1.165, 1.54) is 10.2 Å². The smallest absolute Gasteiger partial charge is 0.282 e. The molecule has 0 aliphatic heterocycles. The van der Waals surface area contributed by atoms with E-state index in [-0.39, 0.29) is 5.56 Å². The summed E-state index contributed by atoms with van der Waals surface area (Å²) >= 11 is 3.46. The minimum atomic E-state index is -0.185.